The maximum absolute atomic E-state index is 9.40. The van der Waals surface area contributed by atoms with E-state index in [1.165, 1.54) is 0 Å². The molecule has 0 radical (unpaired) electrons. The van der Waals surface area contributed by atoms with Crippen molar-refractivity contribution in [2.24, 2.45) is 0 Å². The first-order valence-electron chi connectivity index (χ1n) is 5.78. The molecule has 0 bridgehead atoms. The van der Waals surface area contributed by atoms with Gasteiger partial charge in [-0.2, -0.15) is 0 Å². The number of aryl methyl sites for hydroxylation is 1. The third-order valence-corrected chi connectivity index (χ3v) is 2.66. The van der Waals surface area contributed by atoms with Crippen molar-refractivity contribution >= 4 is 0 Å². The van der Waals surface area contributed by atoms with Crippen LogP contribution in [0.25, 0.3) is 0 Å². The first-order chi connectivity index (χ1) is 8.29. The molecule has 0 atom stereocenters. The minimum Gasteiger partial charge on any atom is -0.508 e. The molecule has 0 aliphatic carbocycles. The second-order valence-electron chi connectivity index (χ2n) is 3.92. The summed E-state index contributed by atoms with van der Waals surface area (Å²) >= 11 is 0. The highest BCUT2D eigenvalue weighted by Gasteiger charge is 2.03. The van der Waals surface area contributed by atoms with Gasteiger partial charge in [-0.05, 0) is 35.7 Å². The maximum atomic E-state index is 9.40. The molecule has 0 saturated carbocycles. The zero-order chi connectivity index (χ0) is 12.1. The predicted octanol–water partition coefficient (Wildman–Crippen LogP) is 3.53. The molecule has 2 aromatic carbocycles. The second-order valence-corrected chi connectivity index (χ2v) is 3.92. The van der Waals surface area contributed by atoms with Crippen molar-refractivity contribution in [1.82, 2.24) is 0 Å². The molecule has 0 amide bonds. The Kier molecular flexibility index (Phi) is 3.66. The summed E-state index contributed by atoms with van der Waals surface area (Å²) in [7, 11) is 0. The zero-order valence-corrected chi connectivity index (χ0v) is 9.89. The normalized spacial score (nSPS) is 10.2. The quantitative estimate of drug-likeness (QED) is 0.867. The lowest BCUT2D eigenvalue weighted by Gasteiger charge is -2.10. The molecule has 0 aliphatic rings. The molecule has 2 aromatic rings. The fourth-order valence-electron chi connectivity index (χ4n) is 1.72. The molecule has 2 rings (SSSR count). The molecule has 88 valence electrons. The second kappa shape index (κ2) is 5.39. The Hall–Kier alpha value is -1.96. The van der Waals surface area contributed by atoms with E-state index in [2.05, 4.69) is 0 Å². The van der Waals surface area contributed by atoms with Crippen LogP contribution in [0.2, 0.25) is 0 Å². The highest BCUT2D eigenvalue weighted by atomic mass is 16.5. The maximum Gasteiger partial charge on any atom is 0.123 e. The Balaban J connectivity index is 2.09. The third kappa shape index (κ3) is 3.00. The standard InChI is InChI=1S/C15H16O2/c1-2-13-10-14(16)8-9-15(13)17-11-12-6-4-3-5-7-12/h3-10,16H,2,11H2,1H3. The van der Waals surface area contributed by atoms with Crippen LogP contribution in [0.5, 0.6) is 11.5 Å². The summed E-state index contributed by atoms with van der Waals surface area (Å²) in [5, 5.41) is 9.40. The highest BCUT2D eigenvalue weighted by Crippen LogP contribution is 2.24. The minimum absolute atomic E-state index is 0.286. The summed E-state index contributed by atoms with van der Waals surface area (Å²) in [6.07, 6.45) is 0.846. The fourth-order valence-corrected chi connectivity index (χ4v) is 1.72. The van der Waals surface area contributed by atoms with E-state index in [4.69, 9.17) is 4.74 Å². The van der Waals surface area contributed by atoms with E-state index in [0.29, 0.717) is 6.61 Å². The summed E-state index contributed by atoms with van der Waals surface area (Å²) in [4.78, 5) is 0. The Morgan fingerprint density at radius 2 is 1.82 bits per heavy atom. The van der Waals surface area contributed by atoms with Crippen molar-refractivity contribution in [3.8, 4) is 11.5 Å². The number of phenols is 1. The van der Waals surface area contributed by atoms with Gasteiger partial charge in [-0.3, -0.25) is 0 Å². The number of hydrogen-bond acceptors (Lipinski definition) is 2. The molecule has 0 unspecified atom stereocenters. The van der Waals surface area contributed by atoms with Gasteiger partial charge in [0, 0.05) is 0 Å². The van der Waals surface area contributed by atoms with Gasteiger partial charge in [0.05, 0.1) is 0 Å². The lowest BCUT2D eigenvalue weighted by atomic mass is 10.1. The van der Waals surface area contributed by atoms with Crippen molar-refractivity contribution < 1.29 is 9.84 Å². The molecule has 0 saturated heterocycles. The van der Waals surface area contributed by atoms with Crippen LogP contribution in [-0.4, -0.2) is 5.11 Å². The lowest BCUT2D eigenvalue weighted by molar-refractivity contribution is 0.302. The summed E-state index contributed by atoms with van der Waals surface area (Å²) in [6.45, 7) is 2.60. The van der Waals surface area contributed by atoms with Crippen molar-refractivity contribution in [2.75, 3.05) is 0 Å². The molecular formula is C15H16O2. The summed E-state index contributed by atoms with van der Waals surface area (Å²) in [5.74, 6) is 1.13. The highest BCUT2D eigenvalue weighted by molar-refractivity contribution is 5.39. The Morgan fingerprint density at radius 3 is 2.53 bits per heavy atom. The first kappa shape index (κ1) is 11.5. The molecule has 2 nitrogen and oxygen atoms in total. The van der Waals surface area contributed by atoms with Crippen molar-refractivity contribution in [3.05, 3.63) is 59.7 Å². The van der Waals surface area contributed by atoms with Crippen LogP contribution in [-0.2, 0) is 13.0 Å². The number of ether oxygens (including phenoxy) is 1. The molecule has 0 heterocycles. The summed E-state index contributed by atoms with van der Waals surface area (Å²) in [6, 6.07) is 15.3. The van der Waals surface area contributed by atoms with Gasteiger partial charge in [-0.15, -0.1) is 0 Å². The number of rotatable bonds is 4. The predicted molar refractivity (Wildman–Crippen MR) is 68.3 cm³/mol. The molecule has 0 fully saturated rings. The number of hydrogen-bond donors (Lipinski definition) is 1. The fraction of sp³-hybridized carbons (Fsp3) is 0.200. The topological polar surface area (TPSA) is 29.5 Å². The monoisotopic (exact) mass is 228 g/mol. The van der Waals surface area contributed by atoms with Crippen LogP contribution in [0.3, 0.4) is 0 Å². The number of phenolic OH excluding ortho intramolecular Hbond substituents is 1. The SMILES string of the molecule is CCc1cc(O)ccc1OCc1ccccc1. The van der Waals surface area contributed by atoms with Crippen LogP contribution >= 0.6 is 0 Å². The molecule has 0 aromatic heterocycles. The molecule has 0 spiro atoms. The van der Waals surface area contributed by atoms with E-state index in [0.717, 1.165) is 23.3 Å². The van der Waals surface area contributed by atoms with Crippen LogP contribution in [0.1, 0.15) is 18.1 Å². The van der Waals surface area contributed by atoms with Gasteiger partial charge in [0.1, 0.15) is 18.1 Å². The van der Waals surface area contributed by atoms with Crippen LogP contribution in [0.4, 0.5) is 0 Å². The van der Waals surface area contributed by atoms with Gasteiger partial charge in [-0.1, -0.05) is 37.3 Å². The molecule has 17 heavy (non-hydrogen) atoms. The average molecular weight is 228 g/mol. The van der Waals surface area contributed by atoms with E-state index in [1.54, 1.807) is 12.1 Å². The Bertz CT molecular complexity index is 478. The van der Waals surface area contributed by atoms with Crippen molar-refractivity contribution in [3.63, 3.8) is 0 Å². The Labute approximate surface area is 101 Å². The van der Waals surface area contributed by atoms with Crippen LogP contribution in [0.15, 0.2) is 48.5 Å². The molecule has 2 heteroatoms. The summed E-state index contributed by atoms with van der Waals surface area (Å²) < 4.78 is 5.76. The van der Waals surface area contributed by atoms with Gasteiger partial charge in [0.25, 0.3) is 0 Å². The van der Waals surface area contributed by atoms with Crippen molar-refractivity contribution in [2.45, 2.75) is 20.0 Å². The first-order valence-corrected chi connectivity index (χ1v) is 5.78. The summed E-state index contributed by atoms with van der Waals surface area (Å²) in [5.41, 5.74) is 2.17. The van der Waals surface area contributed by atoms with E-state index < -0.39 is 0 Å². The van der Waals surface area contributed by atoms with Gasteiger partial charge in [0.2, 0.25) is 0 Å². The molecule has 1 N–H and O–H groups in total. The zero-order valence-electron chi connectivity index (χ0n) is 9.89. The van der Waals surface area contributed by atoms with Gasteiger partial charge in [-0.25, -0.2) is 0 Å². The minimum atomic E-state index is 0.286. The third-order valence-electron chi connectivity index (χ3n) is 2.66. The van der Waals surface area contributed by atoms with E-state index in [-0.39, 0.29) is 5.75 Å². The molecule has 0 aliphatic heterocycles. The van der Waals surface area contributed by atoms with Gasteiger partial charge in [0.15, 0.2) is 0 Å². The van der Waals surface area contributed by atoms with Gasteiger partial charge < -0.3 is 9.84 Å². The number of benzene rings is 2. The van der Waals surface area contributed by atoms with E-state index in [1.807, 2.05) is 43.3 Å². The largest absolute Gasteiger partial charge is 0.508 e. The Morgan fingerprint density at radius 1 is 1.06 bits per heavy atom. The van der Waals surface area contributed by atoms with Crippen LogP contribution < -0.4 is 4.74 Å². The number of aromatic hydroxyl groups is 1. The van der Waals surface area contributed by atoms with E-state index in [9.17, 15) is 5.11 Å². The van der Waals surface area contributed by atoms with Gasteiger partial charge >= 0.3 is 0 Å². The van der Waals surface area contributed by atoms with Crippen molar-refractivity contribution in [1.29, 1.82) is 0 Å². The lowest BCUT2D eigenvalue weighted by Crippen LogP contribution is -1.97. The smallest absolute Gasteiger partial charge is 0.123 e. The van der Waals surface area contributed by atoms with E-state index >= 15 is 0 Å². The average Bonchev–Trinajstić information content (AvgIpc) is 2.38. The molecular weight excluding hydrogens is 212 g/mol. The van der Waals surface area contributed by atoms with Crippen LogP contribution in [0, 0.1) is 0 Å².